The summed E-state index contributed by atoms with van der Waals surface area (Å²) in [6.07, 6.45) is 15.7. The minimum atomic E-state index is -1.64. The van der Waals surface area contributed by atoms with Gasteiger partial charge in [0.1, 0.15) is 5.82 Å². The summed E-state index contributed by atoms with van der Waals surface area (Å²) in [6, 6.07) is 46.9. The summed E-state index contributed by atoms with van der Waals surface area (Å²) < 4.78 is 18.5. The van der Waals surface area contributed by atoms with E-state index in [9.17, 15) is 0 Å². The Morgan fingerprint density at radius 1 is 0.418 bits per heavy atom. The first-order valence-corrected chi connectivity index (χ1v) is 30.0. The number of benzene rings is 4. The van der Waals surface area contributed by atoms with E-state index in [1.54, 1.807) is 16.4 Å². The molecule has 0 aromatic heterocycles. The first kappa shape index (κ1) is 45.8. The molecular formula is C49H74FNP2Si2. The number of unbranched alkanes of at least 4 members (excludes halogenated alkanes) is 6. The molecule has 6 heteroatoms. The van der Waals surface area contributed by atoms with Crippen molar-refractivity contribution in [2.45, 2.75) is 155 Å². The lowest BCUT2D eigenvalue weighted by atomic mass is 10.3. The van der Waals surface area contributed by atoms with Crippen LogP contribution in [0, 0.1) is 5.82 Å². The van der Waals surface area contributed by atoms with Crippen LogP contribution in [0.1, 0.15) is 119 Å². The molecule has 0 radical (unpaired) electrons. The van der Waals surface area contributed by atoms with Gasteiger partial charge in [0.2, 0.25) is 0 Å². The van der Waals surface area contributed by atoms with Gasteiger partial charge in [-0.25, -0.2) is 8.83 Å². The minimum Gasteiger partial charge on any atom is -0.248 e. The highest BCUT2D eigenvalue weighted by Crippen LogP contribution is 2.53. The van der Waals surface area contributed by atoms with Gasteiger partial charge in [-0.1, -0.05) is 256 Å². The Labute approximate surface area is 342 Å². The van der Waals surface area contributed by atoms with E-state index in [-0.39, 0.29) is 5.82 Å². The molecule has 4 rings (SSSR count). The maximum absolute atomic E-state index is 15.9. The SMILES string of the molecule is CCCC[Si](CCCC)(CCCC)c1ccc(P(c2ccc([Si](CCCC)(CCCC)CCCC)cc2)N(C)P(c2ccccc2)c2ccccc2F)cc1. The molecule has 1 unspecified atom stereocenters. The van der Waals surface area contributed by atoms with Crippen LogP contribution < -0.4 is 31.6 Å². The summed E-state index contributed by atoms with van der Waals surface area (Å²) in [5.74, 6) is -0.109. The Kier molecular flexibility index (Phi) is 20.0. The third kappa shape index (κ3) is 12.3. The predicted octanol–water partition coefficient (Wildman–Crippen LogP) is 13.3. The maximum Gasteiger partial charge on any atom is 0.132 e. The Hall–Kier alpha value is -1.94. The molecule has 0 amide bonds. The van der Waals surface area contributed by atoms with Crippen molar-refractivity contribution in [3.63, 3.8) is 0 Å². The first-order valence-electron chi connectivity index (χ1n) is 22.2. The summed E-state index contributed by atoms with van der Waals surface area (Å²) >= 11 is 0. The quantitative estimate of drug-likeness (QED) is 0.0451. The standard InChI is InChI=1S/C49H74FNP2Si2/c1-8-14-37-54(38-15-9-2,39-16-10-3)46-33-29-44(30-34-46)52(51(7)53(43-25-21-20-22-26-43)49-28-24-23-27-48(49)50)45-31-35-47(36-32-45)55(40-17-11-4,41-18-12-5)42-19-13-6/h20-36H,8-19,37-42H2,1-7H3. The van der Waals surface area contributed by atoms with Crippen LogP contribution in [0.15, 0.2) is 103 Å². The largest absolute Gasteiger partial charge is 0.248 e. The maximum atomic E-state index is 15.9. The average Bonchev–Trinajstić information content (AvgIpc) is 3.22. The second-order valence-corrected chi connectivity index (χ2v) is 30.2. The van der Waals surface area contributed by atoms with Crippen LogP contribution >= 0.6 is 16.1 Å². The third-order valence-corrected chi connectivity index (χ3v) is 28.6. The molecular weight excluding hydrogens is 740 g/mol. The van der Waals surface area contributed by atoms with Crippen LogP contribution in [0.25, 0.3) is 0 Å². The monoisotopic (exact) mass is 813 g/mol. The van der Waals surface area contributed by atoms with Crippen molar-refractivity contribution in [1.82, 2.24) is 4.44 Å². The molecule has 0 saturated heterocycles. The molecule has 0 aliphatic rings. The van der Waals surface area contributed by atoms with Crippen LogP contribution in [-0.4, -0.2) is 27.6 Å². The minimum absolute atomic E-state index is 0.109. The van der Waals surface area contributed by atoms with Crippen molar-refractivity contribution in [3.05, 3.63) is 109 Å². The van der Waals surface area contributed by atoms with Crippen LogP contribution in [0.4, 0.5) is 4.39 Å². The van der Waals surface area contributed by atoms with Crippen LogP contribution in [0.2, 0.25) is 36.3 Å². The molecule has 4 aromatic carbocycles. The number of rotatable bonds is 26. The van der Waals surface area contributed by atoms with E-state index in [4.69, 9.17) is 0 Å². The molecule has 0 heterocycles. The average molecular weight is 814 g/mol. The fourth-order valence-electron chi connectivity index (χ4n) is 8.85. The molecule has 55 heavy (non-hydrogen) atoms. The van der Waals surface area contributed by atoms with Crippen molar-refractivity contribution in [2.75, 3.05) is 7.05 Å². The van der Waals surface area contributed by atoms with Gasteiger partial charge in [0.15, 0.2) is 0 Å². The zero-order valence-corrected chi connectivity index (χ0v) is 39.6. The molecule has 1 atom stereocenters. The van der Waals surface area contributed by atoms with Gasteiger partial charge < -0.3 is 0 Å². The Balaban J connectivity index is 1.89. The molecule has 300 valence electrons. The Morgan fingerprint density at radius 3 is 1.09 bits per heavy atom. The van der Waals surface area contributed by atoms with E-state index in [0.717, 1.165) is 5.30 Å². The van der Waals surface area contributed by atoms with Crippen LogP contribution in [-0.2, 0) is 0 Å². The molecule has 0 saturated carbocycles. The number of halogens is 1. The number of hydrogen-bond donors (Lipinski definition) is 0. The highest BCUT2D eigenvalue weighted by molar-refractivity contribution is 7.84. The van der Waals surface area contributed by atoms with Gasteiger partial charge in [-0.2, -0.15) is 0 Å². The van der Waals surface area contributed by atoms with E-state index < -0.39 is 32.3 Å². The lowest BCUT2D eigenvalue weighted by molar-refractivity contribution is 0.635. The van der Waals surface area contributed by atoms with E-state index in [2.05, 4.69) is 132 Å². The van der Waals surface area contributed by atoms with Gasteiger partial charge in [0.25, 0.3) is 0 Å². The van der Waals surface area contributed by atoms with Crippen molar-refractivity contribution in [1.29, 1.82) is 0 Å². The molecule has 0 N–H and O–H groups in total. The summed E-state index contributed by atoms with van der Waals surface area (Å²) in [7, 11) is -3.07. The highest BCUT2D eigenvalue weighted by atomic mass is 31.2. The molecule has 0 aliphatic carbocycles. The molecule has 0 bridgehead atoms. The van der Waals surface area contributed by atoms with E-state index in [0.29, 0.717) is 0 Å². The van der Waals surface area contributed by atoms with Gasteiger partial charge in [-0.3, -0.25) is 0 Å². The normalized spacial score (nSPS) is 12.8. The molecule has 0 aliphatic heterocycles. The lowest BCUT2D eigenvalue weighted by Gasteiger charge is -2.37. The summed E-state index contributed by atoms with van der Waals surface area (Å²) in [6.45, 7) is 14.2. The second kappa shape index (κ2) is 24.1. The van der Waals surface area contributed by atoms with Gasteiger partial charge in [-0.15, -0.1) is 0 Å². The van der Waals surface area contributed by atoms with Gasteiger partial charge in [-0.05, 0) is 35.1 Å². The second-order valence-electron chi connectivity index (χ2n) is 16.2. The lowest BCUT2D eigenvalue weighted by Crippen LogP contribution is -2.48. The van der Waals surface area contributed by atoms with Crippen molar-refractivity contribution >= 4 is 63.9 Å². The summed E-state index contributed by atoms with van der Waals surface area (Å²) in [5, 5.41) is 8.09. The molecule has 0 spiro atoms. The zero-order chi connectivity index (χ0) is 39.5. The fraction of sp³-hybridized carbons (Fsp3) is 0.510. The molecule has 4 aromatic rings. The Morgan fingerprint density at radius 2 is 0.745 bits per heavy atom. The smallest absolute Gasteiger partial charge is 0.132 e. The van der Waals surface area contributed by atoms with Gasteiger partial charge in [0, 0.05) is 21.4 Å². The first-order chi connectivity index (χ1) is 26.8. The van der Waals surface area contributed by atoms with Gasteiger partial charge in [0.05, 0.1) is 16.1 Å². The Bertz CT molecular complexity index is 1510. The van der Waals surface area contributed by atoms with Crippen LogP contribution in [0.3, 0.4) is 0 Å². The van der Waals surface area contributed by atoms with E-state index in [1.165, 1.54) is 129 Å². The number of hydrogen-bond acceptors (Lipinski definition) is 1. The van der Waals surface area contributed by atoms with Gasteiger partial charge >= 0.3 is 0 Å². The van der Waals surface area contributed by atoms with Crippen LogP contribution in [0.5, 0.6) is 0 Å². The summed E-state index contributed by atoms with van der Waals surface area (Å²) in [5.41, 5.74) is 0. The van der Waals surface area contributed by atoms with Crippen molar-refractivity contribution < 1.29 is 4.39 Å². The topological polar surface area (TPSA) is 3.24 Å². The predicted molar refractivity (Wildman–Crippen MR) is 255 cm³/mol. The molecule has 0 fully saturated rings. The van der Waals surface area contributed by atoms with E-state index >= 15 is 4.39 Å². The summed E-state index contributed by atoms with van der Waals surface area (Å²) in [4.78, 5) is 0. The van der Waals surface area contributed by atoms with E-state index in [1.807, 2.05) is 18.2 Å². The zero-order valence-electron chi connectivity index (χ0n) is 35.8. The third-order valence-electron chi connectivity index (χ3n) is 12.2. The number of nitrogens with zero attached hydrogens (tertiary/aromatic N) is 1. The molecule has 1 nitrogen and oxygen atoms in total. The highest BCUT2D eigenvalue weighted by Gasteiger charge is 2.36. The fourth-order valence-corrected chi connectivity index (χ4v) is 25.7. The van der Waals surface area contributed by atoms with Crippen molar-refractivity contribution in [2.24, 2.45) is 0 Å². The van der Waals surface area contributed by atoms with Crippen molar-refractivity contribution in [3.8, 4) is 0 Å².